The topological polar surface area (TPSA) is 155 Å². The van der Waals surface area contributed by atoms with E-state index in [4.69, 9.17) is 19.5 Å². The van der Waals surface area contributed by atoms with Crippen LogP contribution in [0.25, 0.3) is 0 Å². The van der Waals surface area contributed by atoms with Crippen molar-refractivity contribution in [3.63, 3.8) is 0 Å². The minimum absolute atomic E-state index is 0.0471. The zero-order valence-corrected chi connectivity index (χ0v) is 16.5. The zero-order chi connectivity index (χ0) is 20.3. The van der Waals surface area contributed by atoms with Gasteiger partial charge in [-0.1, -0.05) is 0 Å². The Morgan fingerprint density at radius 3 is 2.86 bits per heavy atom. The molecule has 1 aromatic carbocycles. The molecule has 3 aliphatic rings. The number of aliphatic hydroxyl groups excluding tert-OH is 1. The van der Waals surface area contributed by atoms with Crippen LogP contribution in [-0.2, 0) is 13.8 Å². The number of rotatable bonds is 2. The number of benzene rings is 1. The van der Waals surface area contributed by atoms with E-state index in [1.165, 1.54) is 7.57 Å². The average Bonchev–Trinajstić information content (AvgIpc) is 3.20. The molecule has 0 amide bonds. The molecule has 154 valence electrons. The Morgan fingerprint density at radius 1 is 1.34 bits per heavy atom. The Hall–Kier alpha value is -2.21. The predicted molar refractivity (Wildman–Crippen MR) is 109 cm³/mol. The number of aromatic amines is 1. The number of nitrogens with zero attached hydrogens (tertiary/aromatic N) is 2. The summed E-state index contributed by atoms with van der Waals surface area (Å²) in [6.45, 7) is 0.104. The molecule has 6 N–H and O–H groups in total. The maximum atomic E-state index is 12.4. The average molecular weight is 421 g/mol. The van der Waals surface area contributed by atoms with Gasteiger partial charge >= 0.3 is 166 Å². The molecule has 11 nitrogen and oxygen atoms in total. The van der Waals surface area contributed by atoms with Crippen molar-refractivity contribution in [2.45, 2.75) is 30.7 Å². The van der Waals surface area contributed by atoms with E-state index in [0.29, 0.717) is 0 Å². The van der Waals surface area contributed by atoms with Gasteiger partial charge in [0.25, 0.3) is 0 Å². The first-order valence-corrected chi connectivity index (χ1v) is 11.5. The van der Waals surface area contributed by atoms with Gasteiger partial charge in [-0.3, -0.25) is 0 Å². The van der Waals surface area contributed by atoms with E-state index in [2.05, 4.69) is 15.3 Å². The van der Waals surface area contributed by atoms with Gasteiger partial charge in [0.2, 0.25) is 0 Å². The third-order valence-electron chi connectivity index (χ3n) is 5.29. The third kappa shape index (κ3) is 3.09. The summed E-state index contributed by atoms with van der Waals surface area (Å²) in [5, 5.41) is 14.1. The fraction of sp³-hybridized carbons (Fsp3) is 0.375. The first kappa shape index (κ1) is 18.8. The van der Waals surface area contributed by atoms with Crippen molar-refractivity contribution < 1.29 is 23.8 Å². The maximum absolute atomic E-state index is 12.4. The SMILES string of the molecule is B[PH]1(O)OC[C@H]2OC(N3c4nc(N)[nH]c(=O)c4NC3c3ccccc3)C(O)[C@@H]2O1. The Balaban J connectivity index is 1.57. The van der Waals surface area contributed by atoms with Crippen LogP contribution in [0.4, 0.5) is 17.5 Å². The molecule has 5 rings (SSSR count). The number of nitrogen functional groups attached to an aromatic ring is 1. The summed E-state index contributed by atoms with van der Waals surface area (Å²) < 4.78 is 17.0. The van der Waals surface area contributed by atoms with Gasteiger partial charge in [-0.2, -0.15) is 0 Å². The summed E-state index contributed by atoms with van der Waals surface area (Å²) in [6, 6.07) is 9.40. The molecular weight excluding hydrogens is 400 g/mol. The molecule has 3 aliphatic heterocycles. The van der Waals surface area contributed by atoms with E-state index >= 15 is 0 Å². The molecule has 3 unspecified atom stereocenters. The molecule has 2 aromatic rings. The molecule has 1 aromatic heterocycles. The fourth-order valence-electron chi connectivity index (χ4n) is 4.02. The summed E-state index contributed by atoms with van der Waals surface area (Å²) in [7, 11) is -1.83. The molecule has 0 spiro atoms. The molecule has 5 atom stereocenters. The first-order valence-electron chi connectivity index (χ1n) is 9.21. The number of hydrogen-bond acceptors (Lipinski definition) is 10. The number of nitrogens with two attached hydrogens (primary N) is 1. The molecule has 0 aliphatic carbocycles. The molecule has 0 bridgehead atoms. The Kier molecular flexibility index (Phi) is 4.32. The summed E-state index contributed by atoms with van der Waals surface area (Å²) in [4.78, 5) is 31.1. The van der Waals surface area contributed by atoms with Crippen LogP contribution in [0.3, 0.4) is 0 Å². The van der Waals surface area contributed by atoms with Crippen LogP contribution in [-0.4, -0.2) is 58.7 Å². The summed E-state index contributed by atoms with van der Waals surface area (Å²) >= 11 is 0. The van der Waals surface area contributed by atoms with E-state index in [-0.39, 0.29) is 24.1 Å². The Labute approximate surface area is 166 Å². The number of aliphatic hydroxyl groups is 1. The van der Waals surface area contributed by atoms with Gasteiger partial charge in [-0.05, 0) is 0 Å². The van der Waals surface area contributed by atoms with Gasteiger partial charge in [0.15, 0.2) is 0 Å². The van der Waals surface area contributed by atoms with Crippen molar-refractivity contribution in [2.75, 3.05) is 22.6 Å². The van der Waals surface area contributed by atoms with E-state index in [9.17, 15) is 14.8 Å². The summed E-state index contributed by atoms with van der Waals surface area (Å²) in [5.74, 6) is 0.224. The molecule has 0 saturated carbocycles. The first-order chi connectivity index (χ1) is 13.8. The summed E-state index contributed by atoms with van der Waals surface area (Å²) in [5.41, 5.74) is 6.42. The monoisotopic (exact) mass is 421 g/mol. The van der Waals surface area contributed by atoms with Gasteiger partial charge in [0.1, 0.15) is 0 Å². The number of H-pyrrole nitrogens is 1. The summed E-state index contributed by atoms with van der Waals surface area (Å²) in [6.07, 6.45) is -3.86. The van der Waals surface area contributed by atoms with Gasteiger partial charge in [-0.15, -0.1) is 0 Å². The molecule has 29 heavy (non-hydrogen) atoms. The predicted octanol–water partition coefficient (Wildman–Crippen LogP) is -1.18. The number of fused-ring (bicyclic) bond motifs is 2. The second-order valence-corrected chi connectivity index (χ2v) is 9.68. The van der Waals surface area contributed by atoms with Gasteiger partial charge < -0.3 is 0 Å². The van der Waals surface area contributed by atoms with Crippen LogP contribution in [0.15, 0.2) is 35.1 Å². The van der Waals surface area contributed by atoms with Crippen molar-refractivity contribution in [1.29, 1.82) is 0 Å². The zero-order valence-electron chi connectivity index (χ0n) is 15.5. The second-order valence-electron chi connectivity index (χ2n) is 7.36. The second kappa shape index (κ2) is 6.66. The Bertz CT molecular complexity index is 994. The van der Waals surface area contributed by atoms with Crippen molar-refractivity contribution in [1.82, 2.24) is 9.97 Å². The third-order valence-corrected chi connectivity index (χ3v) is 6.70. The fourth-order valence-corrected chi connectivity index (χ4v) is 5.36. The minimum atomic E-state index is -3.32. The van der Waals surface area contributed by atoms with E-state index < -0.39 is 44.1 Å². The van der Waals surface area contributed by atoms with E-state index in [0.717, 1.165) is 5.56 Å². The number of aromatic nitrogens is 2. The Morgan fingerprint density at radius 2 is 2.10 bits per heavy atom. The molecular formula is C16H21BN5O6P. The molecule has 2 saturated heterocycles. The number of hydrogen-bond donors (Lipinski definition) is 5. The quantitative estimate of drug-likeness (QED) is 0.296. The molecule has 0 radical (unpaired) electrons. The van der Waals surface area contributed by atoms with Crippen LogP contribution >= 0.6 is 7.82 Å². The van der Waals surface area contributed by atoms with Gasteiger partial charge in [-0.25, -0.2) is 0 Å². The van der Waals surface area contributed by atoms with Crippen molar-refractivity contribution in [3.05, 3.63) is 46.2 Å². The number of nitrogens with one attached hydrogen (secondary N) is 2. The molecule has 13 heteroatoms. The van der Waals surface area contributed by atoms with Crippen molar-refractivity contribution in [3.8, 4) is 0 Å². The van der Waals surface area contributed by atoms with Crippen LogP contribution in [0.2, 0.25) is 0 Å². The van der Waals surface area contributed by atoms with Crippen molar-refractivity contribution in [2.24, 2.45) is 0 Å². The van der Waals surface area contributed by atoms with Crippen LogP contribution in [0.5, 0.6) is 0 Å². The van der Waals surface area contributed by atoms with Gasteiger partial charge in [0.05, 0.1) is 0 Å². The van der Waals surface area contributed by atoms with Crippen LogP contribution in [0, 0.1) is 0 Å². The van der Waals surface area contributed by atoms with E-state index in [1.807, 2.05) is 30.3 Å². The standard InChI is InChI=1S/C16H21BN5O6P/c17-29(25)26-6-8-11(28-29)10(23)15(27-8)22-12(7-4-2-1-3-5-7)19-9-13(22)20-16(18)21-14(9)24/h1-5,8,10-12,15,19,23,25,29H,6,17H2,(H3,18,20,21,24)/t8-,10?,11-,12?,15?/m1/s1. The van der Waals surface area contributed by atoms with Gasteiger partial charge in [0, 0.05) is 0 Å². The van der Waals surface area contributed by atoms with Crippen molar-refractivity contribution >= 4 is 32.8 Å². The number of ether oxygens (including phenoxy) is 1. The number of anilines is 3. The van der Waals surface area contributed by atoms with Crippen LogP contribution < -0.4 is 21.5 Å². The molecule has 2 fully saturated rings. The molecule has 4 heterocycles. The van der Waals surface area contributed by atoms with Crippen LogP contribution in [0.1, 0.15) is 11.7 Å². The normalized spacial score (nSPS) is 33.6. The van der Waals surface area contributed by atoms with E-state index in [1.54, 1.807) is 4.90 Å².